The monoisotopic (exact) mass is 253 g/mol. The maximum Gasteiger partial charge on any atom is 0.00966 e. The molecule has 1 N–H and O–H groups in total. The van der Waals surface area contributed by atoms with E-state index in [1.807, 2.05) is 0 Å². The molecule has 0 radical (unpaired) electrons. The Bertz CT molecular complexity index is 264. The van der Waals surface area contributed by atoms with Gasteiger partial charge in [-0.1, -0.05) is 34.6 Å². The van der Waals surface area contributed by atoms with Crippen molar-refractivity contribution in [3.05, 3.63) is 0 Å². The second-order valence-electron chi connectivity index (χ2n) is 9.27. The summed E-state index contributed by atoms with van der Waals surface area (Å²) in [5.74, 6) is 1.69. The average Bonchev–Trinajstić information content (AvgIpc) is 2.12. The smallest absolute Gasteiger partial charge is 0.00966 e. The third-order valence-electron chi connectivity index (χ3n) is 4.54. The minimum atomic E-state index is 0.245. The molecule has 0 amide bonds. The fraction of sp³-hybridized carbons (Fsp3) is 1.00. The second kappa shape index (κ2) is 5.15. The van der Waals surface area contributed by atoms with Crippen LogP contribution in [0.2, 0.25) is 0 Å². The highest BCUT2D eigenvalue weighted by molar-refractivity contribution is 4.92. The van der Waals surface area contributed by atoms with Crippen molar-refractivity contribution in [2.24, 2.45) is 22.7 Å². The van der Waals surface area contributed by atoms with Gasteiger partial charge in [0.15, 0.2) is 0 Å². The Labute approximate surface area is 115 Å². The van der Waals surface area contributed by atoms with Crippen LogP contribution >= 0.6 is 0 Å². The summed E-state index contributed by atoms with van der Waals surface area (Å²) >= 11 is 0. The average molecular weight is 253 g/mol. The summed E-state index contributed by atoms with van der Waals surface area (Å²) in [5, 5.41) is 3.72. The number of rotatable bonds is 2. The van der Waals surface area contributed by atoms with Gasteiger partial charge in [0, 0.05) is 5.54 Å². The summed E-state index contributed by atoms with van der Waals surface area (Å²) in [7, 11) is 0. The lowest BCUT2D eigenvalue weighted by molar-refractivity contribution is 0.0371. The SMILES string of the molecule is CC1(C)CCC(CNC(C)(C)C)C(C(C)(C)C)C1. The molecule has 0 saturated heterocycles. The van der Waals surface area contributed by atoms with E-state index >= 15 is 0 Å². The van der Waals surface area contributed by atoms with E-state index in [4.69, 9.17) is 0 Å². The van der Waals surface area contributed by atoms with Crippen LogP contribution in [0.1, 0.15) is 74.7 Å². The van der Waals surface area contributed by atoms with E-state index in [1.54, 1.807) is 0 Å². The predicted molar refractivity (Wildman–Crippen MR) is 81.8 cm³/mol. The Morgan fingerprint density at radius 3 is 2.06 bits per heavy atom. The fourth-order valence-corrected chi connectivity index (χ4v) is 3.34. The lowest BCUT2D eigenvalue weighted by Gasteiger charge is -2.47. The van der Waals surface area contributed by atoms with E-state index in [-0.39, 0.29) is 5.54 Å². The molecule has 108 valence electrons. The first-order valence-corrected chi connectivity index (χ1v) is 7.66. The van der Waals surface area contributed by atoms with Crippen LogP contribution in [0.3, 0.4) is 0 Å². The molecule has 0 spiro atoms. The molecule has 2 unspecified atom stereocenters. The molecular weight excluding hydrogens is 218 g/mol. The van der Waals surface area contributed by atoms with Crippen LogP contribution in [0, 0.1) is 22.7 Å². The zero-order valence-electron chi connectivity index (χ0n) is 14.0. The Morgan fingerprint density at radius 2 is 1.61 bits per heavy atom. The largest absolute Gasteiger partial charge is 0.312 e. The van der Waals surface area contributed by atoms with Crippen molar-refractivity contribution in [1.29, 1.82) is 0 Å². The van der Waals surface area contributed by atoms with Crippen molar-refractivity contribution in [3.8, 4) is 0 Å². The molecular formula is C17H35N. The number of nitrogens with one attached hydrogen (secondary N) is 1. The third-order valence-corrected chi connectivity index (χ3v) is 4.54. The molecule has 1 aliphatic rings. The van der Waals surface area contributed by atoms with Crippen LogP contribution in [0.15, 0.2) is 0 Å². The van der Waals surface area contributed by atoms with E-state index in [2.05, 4.69) is 60.7 Å². The molecule has 0 heterocycles. The first-order valence-electron chi connectivity index (χ1n) is 7.66. The van der Waals surface area contributed by atoms with E-state index in [0.29, 0.717) is 10.8 Å². The summed E-state index contributed by atoms with van der Waals surface area (Å²) in [6.45, 7) is 20.1. The van der Waals surface area contributed by atoms with Gasteiger partial charge in [-0.05, 0) is 69.2 Å². The van der Waals surface area contributed by atoms with Gasteiger partial charge in [0.25, 0.3) is 0 Å². The maximum absolute atomic E-state index is 3.72. The molecule has 0 bridgehead atoms. The van der Waals surface area contributed by atoms with Crippen LogP contribution < -0.4 is 5.32 Å². The topological polar surface area (TPSA) is 12.0 Å². The Kier molecular flexibility index (Phi) is 4.58. The Hall–Kier alpha value is -0.0400. The molecule has 1 aliphatic carbocycles. The van der Waals surface area contributed by atoms with Crippen molar-refractivity contribution >= 4 is 0 Å². The molecule has 1 heteroatoms. The van der Waals surface area contributed by atoms with Crippen molar-refractivity contribution in [2.45, 2.75) is 80.2 Å². The molecule has 0 aromatic carbocycles. The van der Waals surface area contributed by atoms with Gasteiger partial charge in [-0.2, -0.15) is 0 Å². The molecule has 1 nitrogen and oxygen atoms in total. The Morgan fingerprint density at radius 1 is 1.06 bits per heavy atom. The van der Waals surface area contributed by atoms with Gasteiger partial charge in [-0.25, -0.2) is 0 Å². The molecule has 1 rings (SSSR count). The highest BCUT2D eigenvalue weighted by Crippen LogP contribution is 2.48. The Balaban J connectivity index is 2.71. The first kappa shape index (κ1) is 16.0. The molecule has 2 atom stereocenters. The zero-order valence-corrected chi connectivity index (χ0v) is 14.0. The van der Waals surface area contributed by atoms with E-state index < -0.39 is 0 Å². The highest BCUT2D eigenvalue weighted by Gasteiger charge is 2.40. The maximum atomic E-state index is 3.72. The predicted octanol–water partition coefficient (Wildman–Crippen LogP) is 4.86. The van der Waals surface area contributed by atoms with Crippen molar-refractivity contribution in [3.63, 3.8) is 0 Å². The summed E-state index contributed by atoms with van der Waals surface area (Å²) in [6.07, 6.45) is 4.15. The van der Waals surface area contributed by atoms with Crippen LogP contribution in [-0.2, 0) is 0 Å². The summed E-state index contributed by atoms with van der Waals surface area (Å²) in [6, 6.07) is 0. The van der Waals surface area contributed by atoms with Crippen molar-refractivity contribution in [1.82, 2.24) is 5.32 Å². The molecule has 0 aromatic rings. The normalized spacial score (nSPS) is 29.3. The van der Waals surface area contributed by atoms with Gasteiger partial charge in [0.2, 0.25) is 0 Å². The molecule has 0 aromatic heterocycles. The molecule has 0 aliphatic heterocycles. The van der Waals surface area contributed by atoms with Gasteiger partial charge in [0.05, 0.1) is 0 Å². The van der Waals surface area contributed by atoms with Crippen LogP contribution in [0.4, 0.5) is 0 Å². The van der Waals surface area contributed by atoms with Crippen LogP contribution in [-0.4, -0.2) is 12.1 Å². The third kappa shape index (κ3) is 4.91. The number of hydrogen-bond acceptors (Lipinski definition) is 1. The zero-order chi connectivity index (χ0) is 14.2. The van der Waals surface area contributed by atoms with E-state index in [0.717, 1.165) is 11.8 Å². The van der Waals surface area contributed by atoms with Crippen molar-refractivity contribution < 1.29 is 0 Å². The van der Waals surface area contributed by atoms with E-state index in [1.165, 1.54) is 25.8 Å². The van der Waals surface area contributed by atoms with Gasteiger partial charge in [-0.3, -0.25) is 0 Å². The van der Waals surface area contributed by atoms with Crippen LogP contribution in [0.5, 0.6) is 0 Å². The van der Waals surface area contributed by atoms with Crippen LogP contribution in [0.25, 0.3) is 0 Å². The van der Waals surface area contributed by atoms with Gasteiger partial charge in [-0.15, -0.1) is 0 Å². The molecule has 18 heavy (non-hydrogen) atoms. The summed E-state index contributed by atoms with van der Waals surface area (Å²) in [5.41, 5.74) is 1.22. The molecule has 1 fully saturated rings. The first-order chi connectivity index (χ1) is 7.91. The van der Waals surface area contributed by atoms with Gasteiger partial charge >= 0.3 is 0 Å². The van der Waals surface area contributed by atoms with E-state index in [9.17, 15) is 0 Å². The van der Waals surface area contributed by atoms with Gasteiger partial charge in [0.1, 0.15) is 0 Å². The lowest BCUT2D eigenvalue weighted by Crippen LogP contribution is -2.46. The fourth-order valence-electron chi connectivity index (χ4n) is 3.34. The quantitative estimate of drug-likeness (QED) is 0.741. The lowest BCUT2D eigenvalue weighted by atomic mass is 9.59. The summed E-state index contributed by atoms with van der Waals surface area (Å²) < 4.78 is 0. The standard InChI is InChI=1S/C17H35N/c1-15(2,3)14-11-17(7,8)10-9-13(14)12-18-16(4,5)6/h13-14,18H,9-12H2,1-8H3. The van der Waals surface area contributed by atoms with Gasteiger partial charge < -0.3 is 5.32 Å². The highest BCUT2D eigenvalue weighted by atomic mass is 14.9. The minimum absolute atomic E-state index is 0.245. The second-order valence-corrected chi connectivity index (χ2v) is 9.27. The van der Waals surface area contributed by atoms with Crippen molar-refractivity contribution in [2.75, 3.05) is 6.54 Å². The molecule has 1 saturated carbocycles. The summed E-state index contributed by atoms with van der Waals surface area (Å²) in [4.78, 5) is 0. The number of hydrogen-bond donors (Lipinski definition) is 1. The minimum Gasteiger partial charge on any atom is -0.312 e.